The number of imidazole rings is 1. The van der Waals surface area contributed by atoms with E-state index in [1.807, 2.05) is 6.20 Å². The van der Waals surface area contributed by atoms with Crippen LogP contribution >= 0.6 is 0 Å². The fraction of sp³-hybridized carbons (Fsp3) is 0.682. The molecule has 0 bridgehead atoms. The van der Waals surface area contributed by atoms with Crippen LogP contribution in [0.2, 0.25) is 0 Å². The molecule has 1 amide bonds. The van der Waals surface area contributed by atoms with Gasteiger partial charge in [0, 0.05) is 18.9 Å². The summed E-state index contributed by atoms with van der Waals surface area (Å²) in [4.78, 5) is 16.7. The van der Waals surface area contributed by atoms with Crippen LogP contribution in [0.1, 0.15) is 62.4 Å². The Balaban J connectivity index is 1.28. The molecule has 1 spiro atoms. The van der Waals surface area contributed by atoms with Gasteiger partial charge >= 0.3 is 6.18 Å². The number of hydrogen-bond donors (Lipinski definition) is 2. The lowest BCUT2D eigenvalue weighted by molar-refractivity contribution is -0.183. The van der Waals surface area contributed by atoms with E-state index in [9.17, 15) is 18.0 Å². The van der Waals surface area contributed by atoms with E-state index >= 15 is 0 Å². The van der Waals surface area contributed by atoms with E-state index in [2.05, 4.69) is 15.4 Å². The average molecular weight is 435 g/mol. The van der Waals surface area contributed by atoms with Gasteiger partial charge in [0.1, 0.15) is 0 Å². The summed E-state index contributed by atoms with van der Waals surface area (Å²) in [5, 5.41) is 6.90. The zero-order chi connectivity index (χ0) is 21.8. The Kier molecular flexibility index (Phi) is 4.99. The van der Waals surface area contributed by atoms with Gasteiger partial charge in [-0.3, -0.25) is 4.79 Å². The first-order valence-corrected chi connectivity index (χ1v) is 11.2. The lowest BCUT2D eigenvalue weighted by atomic mass is 9.76. The van der Waals surface area contributed by atoms with Crippen LogP contribution in [-0.4, -0.2) is 33.2 Å². The van der Waals surface area contributed by atoms with Crippen LogP contribution in [0.25, 0.3) is 5.65 Å². The van der Waals surface area contributed by atoms with Crippen molar-refractivity contribution in [2.45, 2.75) is 63.6 Å². The van der Waals surface area contributed by atoms with Crippen LogP contribution in [0.15, 0.2) is 18.3 Å². The molecule has 1 saturated heterocycles. The van der Waals surface area contributed by atoms with Crippen molar-refractivity contribution in [1.82, 2.24) is 19.9 Å². The van der Waals surface area contributed by atoms with Gasteiger partial charge in [-0.2, -0.15) is 18.3 Å². The van der Waals surface area contributed by atoms with Gasteiger partial charge in [-0.05, 0) is 68.4 Å². The lowest BCUT2D eigenvalue weighted by Gasteiger charge is -2.31. The van der Waals surface area contributed by atoms with Crippen molar-refractivity contribution in [2.24, 2.45) is 28.9 Å². The first-order chi connectivity index (χ1) is 14.7. The molecule has 3 aliphatic rings. The predicted octanol–water partition coefficient (Wildman–Crippen LogP) is 3.56. The highest BCUT2D eigenvalue weighted by atomic mass is 19.4. The van der Waals surface area contributed by atoms with E-state index in [0.717, 1.165) is 18.5 Å². The van der Waals surface area contributed by atoms with Crippen LogP contribution in [0.3, 0.4) is 0 Å². The highest BCUT2D eigenvalue weighted by Crippen LogP contribution is 2.58. The molecule has 2 aliphatic carbocycles. The minimum atomic E-state index is -4.31. The zero-order valence-corrected chi connectivity index (χ0v) is 17.4. The predicted molar refractivity (Wildman–Crippen MR) is 108 cm³/mol. The minimum Gasteiger partial charge on any atom is -0.355 e. The number of nitrogens with one attached hydrogen (secondary N) is 1. The van der Waals surface area contributed by atoms with Crippen LogP contribution in [0.4, 0.5) is 13.2 Å². The molecule has 3 fully saturated rings. The number of rotatable bonds is 4. The first kappa shape index (κ1) is 20.7. The van der Waals surface area contributed by atoms with Crippen molar-refractivity contribution in [1.29, 1.82) is 0 Å². The zero-order valence-electron chi connectivity index (χ0n) is 17.4. The number of amides is 1. The van der Waals surface area contributed by atoms with Gasteiger partial charge in [0.15, 0.2) is 5.65 Å². The summed E-state index contributed by atoms with van der Waals surface area (Å²) in [6, 6.07) is 3.39. The van der Waals surface area contributed by atoms with Crippen molar-refractivity contribution in [3.63, 3.8) is 0 Å². The van der Waals surface area contributed by atoms with Gasteiger partial charge in [0.05, 0.1) is 29.5 Å². The Bertz CT molecular complexity index is 973. The van der Waals surface area contributed by atoms with Crippen LogP contribution < -0.4 is 11.1 Å². The molecule has 3 N–H and O–H groups in total. The summed E-state index contributed by atoms with van der Waals surface area (Å²) in [6.45, 7) is -0.351. The van der Waals surface area contributed by atoms with Crippen molar-refractivity contribution in [2.75, 3.05) is 6.54 Å². The molecular formula is C22H28F3N5O. The summed E-state index contributed by atoms with van der Waals surface area (Å²) < 4.78 is 40.9. The van der Waals surface area contributed by atoms with E-state index in [1.54, 1.807) is 16.6 Å². The summed E-state index contributed by atoms with van der Waals surface area (Å²) in [7, 11) is 0. The third-order valence-electron chi connectivity index (χ3n) is 7.67. The largest absolute Gasteiger partial charge is 0.393 e. The molecule has 5 rings (SSSR count). The SMILES string of the molecule is NC(c1cn2nc(CC3C[C@@H](C(F)(F)F)CNC3=O)ccc2n1)C1CCC2(CC1)CC2. The Morgan fingerprint density at radius 1 is 1.23 bits per heavy atom. The second-order valence-corrected chi connectivity index (χ2v) is 9.78. The molecule has 0 radical (unpaired) electrons. The Labute approximate surface area is 178 Å². The van der Waals surface area contributed by atoms with E-state index in [1.165, 1.54) is 25.7 Å². The molecule has 168 valence electrons. The maximum atomic E-state index is 13.1. The van der Waals surface area contributed by atoms with Crippen molar-refractivity contribution >= 4 is 11.6 Å². The monoisotopic (exact) mass is 435 g/mol. The summed E-state index contributed by atoms with van der Waals surface area (Å²) in [5.74, 6) is -2.18. The van der Waals surface area contributed by atoms with Crippen LogP contribution in [0.5, 0.6) is 0 Å². The fourth-order valence-electron chi connectivity index (χ4n) is 5.32. The molecule has 2 saturated carbocycles. The molecule has 2 unspecified atom stereocenters. The van der Waals surface area contributed by atoms with Gasteiger partial charge in [-0.15, -0.1) is 0 Å². The summed E-state index contributed by atoms with van der Waals surface area (Å²) >= 11 is 0. The van der Waals surface area contributed by atoms with Crippen LogP contribution in [0, 0.1) is 23.2 Å². The minimum absolute atomic E-state index is 0.141. The van der Waals surface area contributed by atoms with E-state index in [0.29, 0.717) is 22.7 Å². The number of nitrogens with two attached hydrogens (primary N) is 1. The van der Waals surface area contributed by atoms with Crippen molar-refractivity contribution < 1.29 is 18.0 Å². The number of alkyl halides is 3. The second kappa shape index (κ2) is 7.46. The van der Waals surface area contributed by atoms with Crippen LogP contribution in [-0.2, 0) is 11.2 Å². The van der Waals surface area contributed by atoms with E-state index in [4.69, 9.17) is 5.73 Å². The second-order valence-electron chi connectivity index (χ2n) is 9.78. The molecular weight excluding hydrogens is 407 g/mol. The highest BCUT2D eigenvalue weighted by molar-refractivity contribution is 5.79. The molecule has 2 aromatic heterocycles. The number of carbonyl (C=O) groups is 1. The standard InChI is InChI=1S/C22H28F3N5O/c23-22(24,25)15-9-14(20(31)27-11-15)10-16-1-2-18-28-17(12-30(18)29-16)19(26)13-3-5-21(6-4-13)7-8-21/h1-2,12-15,19H,3-11,26H2,(H,27,31)/t14?,15-,19?/m1/s1. The Morgan fingerprint density at radius 3 is 2.65 bits per heavy atom. The third-order valence-corrected chi connectivity index (χ3v) is 7.67. The molecule has 3 heterocycles. The molecule has 0 aromatic carbocycles. The lowest BCUT2D eigenvalue weighted by Crippen LogP contribution is -2.47. The van der Waals surface area contributed by atoms with Gasteiger partial charge in [-0.25, -0.2) is 9.50 Å². The number of piperidine rings is 1. The molecule has 3 atom stereocenters. The van der Waals surface area contributed by atoms with Crippen molar-refractivity contribution in [3.05, 3.63) is 29.7 Å². The first-order valence-electron chi connectivity index (χ1n) is 11.2. The van der Waals surface area contributed by atoms with Crippen molar-refractivity contribution in [3.8, 4) is 0 Å². The topological polar surface area (TPSA) is 85.3 Å². The molecule has 2 aromatic rings. The van der Waals surface area contributed by atoms with E-state index < -0.39 is 18.0 Å². The molecule has 9 heteroatoms. The number of halogens is 3. The Hall–Kier alpha value is -2.16. The molecule has 1 aliphatic heterocycles. The van der Waals surface area contributed by atoms with Gasteiger partial charge in [-0.1, -0.05) is 0 Å². The number of fused-ring (bicyclic) bond motifs is 1. The molecule has 6 nitrogen and oxygen atoms in total. The number of nitrogens with zero attached hydrogens (tertiary/aromatic N) is 3. The maximum Gasteiger partial charge on any atom is 0.393 e. The number of aromatic nitrogens is 3. The van der Waals surface area contributed by atoms with E-state index in [-0.39, 0.29) is 31.3 Å². The third kappa shape index (κ3) is 4.16. The summed E-state index contributed by atoms with van der Waals surface area (Å²) in [6.07, 6.45) is 4.96. The average Bonchev–Trinajstić information content (AvgIpc) is 3.34. The molecule has 31 heavy (non-hydrogen) atoms. The fourth-order valence-corrected chi connectivity index (χ4v) is 5.32. The normalized spacial score (nSPS) is 27.4. The number of hydrogen-bond acceptors (Lipinski definition) is 4. The quantitative estimate of drug-likeness (QED) is 0.769. The summed E-state index contributed by atoms with van der Waals surface area (Å²) in [5.41, 5.74) is 9.18. The smallest absolute Gasteiger partial charge is 0.355 e. The van der Waals surface area contributed by atoms with Gasteiger partial charge in [0.25, 0.3) is 0 Å². The Morgan fingerprint density at radius 2 is 1.97 bits per heavy atom. The maximum absolute atomic E-state index is 13.1. The van der Waals surface area contributed by atoms with Gasteiger partial charge < -0.3 is 11.1 Å². The van der Waals surface area contributed by atoms with Gasteiger partial charge in [0.2, 0.25) is 5.91 Å². The highest BCUT2D eigenvalue weighted by Gasteiger charge is 2.46. The number of carbonyl (C=O) groups excluding carboxylic acids is 1.